The molecule has 0 aliphatic carbocycles. The lowest BCUT2D eigenvalue weighted by molar-refractivity contribution is -0.120. The van der Waals surface area contributed by atoms with E-state index >= 15 is 0 Å². The van der Waals surface area contributed by atoms with Gasteiger partial charge >= 0.3 is 0 Å². The second-order valence-electron chi connectivity index (χ2n) is 3.84. The van der Waals surface area contributed by atoms with Crippen molar-refractivity contribution in [2.75, 3.05) is 19.6 Å². The van der Waals surface area contributed by atoms with Gasteiger partial charge in [-0.25, -0.2) is 0 Å². The van der Waals surface area contributed by atoms with E-state index < -0.39 is 0 Å². The number of nitrogens with one attached hydrogen (secondary N) is 2. The SMILES string of the molecule is N=C(c1ccccc1)N1CCCNC(=O)C1. The Kier molecular flexibility index (Phi) is 3.19. The number of carbonyl (C=O) groups excluding carboxylic acids is 1. The van der Waals surface area contributed by atoms with E-state index in [9.17, 15) is 4.79 Å². The Balaban J connectivity index is 2.12. The summed E-state index contributed by atoms with van der Waals surface area (Å²) in [7, 11) is 0. The fraction of sp³-hybridized carbons (Fsp3) is 0.333. The molecule has 4 heteroatoms. The minimum Gasteiger partial charge on any atom is -0.354 e. The first kappa shape index (κ1) is 10.7. The minimum absolute atomic E-state index is 0.00168. The molecule has 0 unspecified atom stereocenters. The fourth-order valence-corrected chi connectivity index (χ4v) is 1.78. The van der Waals surface area contributed by atoms with E-state index in [4.69, 9.17) is 5.41 Å². The van der Waals surface area contributed by atoms with Gasteiger partial charge in [-0.2, -0.15) is 0 Å². The summed E-state index contributed by atoms with van der Waals surface area (Å²) in [5, 5.41) is 10.9. The maximum Gasteiger partial charge on any atom is 0.239 e. The highest BCUT2D eigenvalue weighted by Gasteiger charge is 2.17. The molecule has 1 aliphatic rings. The third-order valence-corrected chi connectivity index (χ3v) is 2.62. The highest BCUT2D eigenvalue weighted by Crippen LogP contribution is 2.06. The maximum atomic E-state index is 11.4. The number of nitrogens with zero attached hydrogens (tertiary/aromatic N) is 1. The molecule has 0 radical (unpaired) electrons. The lowest BCUT2D eigenvalue weighted by atomic mass is 10.2. The molecule has 84 valence electrons. The molecule has 1 amide bonds. The fourth-order valence-electron chi connectivity index (χ4n) is 1.78. The quantitative estimate of drug-likeness (QED) is 0.541. The van der Waals surface area contributed by atoms with Crippen LogP contribution < -0.4 is 5.32 Å². The second kappa shape index (κ2) is 4.79. The third kappa shape index (κ3) is 2.39. The molecule has 0 aromatic heterocycles. The smallest absolute Gasteiger partial charge is 0.239 e. The maximum absolute atomic E-state index is 11.4. The summed E-state index contributed by atoms with van der Waals surface area (Å²) in [5.74, 6) is 0.427. The second-order valence-corrected chi connectivity index (χ2v) is 3.84. The average Bonchev–Trinajstić information content (AvgIpc) is 2.54. The van der Waals surface area contributed by atoms with Crippen LogP contribution in [0.1, 0.15) is 12.0 Å². The van der Waals surface area contributed by atoms with Crippen LogP contribution in [0.4, 0.5) is 0 Å². The number of carbonyl (C=O) groups is 1. The minimum atomic E-state index is -0.00168. The van der Waals surface area contributed by atoms with Crippen molar-refractivity contribution in [3.8, 4) is 0 Å². The van der Waals surface area contributed by atoms with Crippen molar-refractivity contribution in [3.63, 3.8) is 0 Å². The van der Waals surface area contributed by atoms with Crippen LogP contribution in [0.25, 0.3) is 0 Å². The van der Waals surface area contributed by atoms with E-state index in [0.717, 1.165) is 18.5 Å². The predicted octanol–water partition coefficient (Wildman–Crippen LogP) is 0.834. The van der Waals surface area contributed by atoms with Gasteiger partial charge in [-0.15, -0.1) is 0 Å². The Morgan fingerprint density at radius 2 is 2.06 bits per heavy atom. The van der Waals surface area contributed by atoms with Crippen LogP contribution >= 0.6 is 0 Å². The Bertz CT molecular complexity index is 389. The van der Waals surface area contributed by atoms with Crippen molar-refractivity contribution in [1.29, 1.82) is 5.41 Å². The van der Waals surface area contributed by atoms with E-state index in [1.54, 1.807) is 0 Å². The van der Waals surface area contributed by atoms with E-state index in [-0.39, 0.29) is 12.5 Å². The summed E-state index contributed by atoms with van der Waals surface area (Å²) >= 11 is 0. The number of rotatable bonds is 1. The van der Waals surface area contributed by atoms with Gasteiger partial charge in [0.15, 0.2) is 0 Å². The largest absolute Gasteiger partial charge is 0.354 e. The van der Waals surface area contributed by atoms with Crippen molar-refractivity contribution in [1.82, 2.24) is 10.2 Å². The topological polar surface area (TPSA) is 56.2 Å². The van der Waals surface area contributed by atoms with E-state index in [0.29, 0.717) is 12.4 Å². The third-order valence-electron chi connectivity index (χ3n) is 2.62. The number of amides is 1. The highest BCUT2D eigenvalue weighted by atomic mass is 16.2. The lowest BCUT2D eigenvalue weighted by Gasteiger charge is -2.21. The monoisotopic (exact) mass is 217 g/mol. The summed E-state index contributed by atoms with van der Waals surface area (Å²) in [6.45, 7) is 1.75. The number of amidine groups is 1. The Morgan fingerprint density at radius 3 is 2.81 bits per heavy atom. The first-order chi connectivity index (χ1) is 7.77. The van der Waals surface area contributed by atoms with Crippen molar-refractivity contribution < 1.29 is 4.79 Å². The number of hydrogen-bond acceptors (Lipinski definition) is 2. The average molecular weight is 217 g/mol. The van der Waals surface area contributed by atoms with Gasteiger partial charge in [0.25, 0.3) is 0 Å². The van der Waals surface area contributed by atoms with Crippen LogP contribution in [-0.2, 0) is 4.79 Å². The predicted molar refractivity (Wildman–Crippen MR) is 62.5 cm³/mol. The molecule has 0 spiro atoms. The van der Waals surface area contributed by atoms with E-state index in [2.05, 4.69) is 5.32 Å². The molecular formula is C12H15N3O. The summed E-state index contributed by atoms with van der Waals surface area (Å²) in [6, 6.07) is 9.52. The standard InChI is InChI=1S/C12H15N3O/c13-12(10-5-2-1-3-6-10)15-8-4-7-14-11(16)9-15/h1-3,5-6,13H,4,7-9H2,(H,14,16). The molecular weight excluding hydrogens is 202 g/mol. The molecule has 1 aliphatic heterocycles. The molecule has 1 aromatic rings. The van der Waals surface area contributed by atoms with Crippen LogP contribution in [0.15, 0.2) is 30.3 Å². The molecule has 2 rings (SSSR count). The summed E-state index contributed by atoms with van der Waals surface area (Å²) < 4.78 is 0. The van der Waals surface area contributed by atoms with Crippen molar-refractivity contribution >= 4 is 11.7 Å². The van der Waals surface area contributed by atoms with Crippen LogP contribution in [0.3, 0.4) is 0 Å². The number of benzene rings is 1. The normalized spacial score (nSPS) is 16.5. The summed E-state index contributed by atoms with van der Waals surface area (Å²) in [6.07, 6.45) is 0.890. The molecule has 1 fully saturated rings. The summed E-state index contributed by atoms with van der Waals surface area (Å²) in [4.78, 5) is 13.2. The van der Waals surface area contributed by atoms with Gasteiger partial charge in [0.05, 0.1) is 6.54 Å². The first-order valence-corrected chi connectivity index (χ1v) is 5.43. The van der Waals surface area contributed by atoms with Crippen molar-refractivity contribution in [2.24, 2.45) is 0 Å². The Labute approximate surface area is 94.8 Å². The Hall–Kier alpha value is -1.84. The molecule has 1 saturated heterocycles. The molecule has 4 nitrogen and oxygen atoms in total. The van der Waals surface area contributed by atoms with Gasteiger partial charge in [0.1, 0.15) is 5.84 Å². The summed E-state index contributed by atoms with van der Waals surface area (Å²) in [5.41, 5.74) is 0.859. The van der Waals surface area contributed by atoms with Crippen molar-refractivity contribution in [2.45, 2.75) is 6.42 Å². The van der Waals surface area contributed by atoms with Gasteiger partial charge in [-0.05, 0) is 6.42 Å². The lowest BCUT2D eigenvalue weighted by Crippen LogP contribution is -2.37. The zero-order valence-electron chi connectivity index (χ0n) is 9.07. The van der Waals surface area contributed by atoms with Gasteiger partial charge in [-0.1, -0.05) is 30.3 Å². The van der Waals surface area contributed by atoms with Crippen LogP contribution in [-0.4, -0.2) is 36.3 Å². The van der Waals surface area contributed by atoms with E-state index in [1.807, 2.05) is 35.2 Å². The molecule has 0 bridgehead atoms. The van der Waals surface area contributed by atoms with Crippen molar-refractivity contribution in [3.05, 3.63) is 35.9 Å². The van der Waals surface area contributed by atoms with E-state index in [1.165, 1.54) is 0 Å². The molecule has 0 atom stereocenters. The molecule has 0 saturated carbocycles. The number of hydrogen-bond donors (Lipinski definition) is 2. The molecule has 16 heavy (non-hydrogen) atoms. The van der Waals surface area contributed by atoms with Crippen LogP contribution in [0, 0.1) is 5.41 Å². The van der Waals surface area contributed by atoms with Gasteiger partial charge < -0.3 is 10.2 Å². The van der Waals surface area contributed by atoms with Gasteiger partial charge in [-0.3, -0.25) is 10.2 Å². The zero-order valence-corrected chi connectivity index (χ0v) is 9.07. The molecule has 1 aromatic carbocycles. The zero-order chi connectivity index (χ0) is 11.4. The molecule has 2 N–H and O–H groups in total. The Morgan fingerprint density at radius 1 is 1.31 bits per heavy atom. The first-order valence-electron chi connectivity index (χ1n) is 5.43. The van der Waals surface area contributed by atoms with Gasteiger partial charge in [0.2, 0.25) is 5.91 Å². The van der Waals surface area contributed by atoms with Gasteiger partial charge in [0, 0.05) is 18.7 Å². The highest BCUT2D eigenvalue weighted by molar-refractivity contribution is 5.98. The van der Waals surface area contributed by atoms with Crippen LogP contribution in [0.5, 0.6) is 0 Å². The molecule has 1 heterocycles. The van der Waals surface area contributed by atoms with Crippen LogP contribution in [0.2, 0.25) is 0 Å².